The molecule has 1 saturated heterocycles. The first-order chi connectivity index (χ1) is 7.33. The summed E-state index contributed by atoms with van der Waals surface area (Å²) in [6, 6.07) is 0. The number of rotatable bonds is 1. The van der Waals surface area contributed by atoms with Crippen molar-refractivity contribution >= 4 is 6.09 Å². The van der Waals surface area contributed by atoms with Gasteiger partial charge in [0, 0.05) is 13.1 Å². The molecule has 1 fully saturated rings. The fourth-order valence-corrected chi connectivity index (χ4v) is 1.95. The van der Waals surface area contributed by atoms with Gasteiger partial charge in [-0.3, -0.25) is 0 Å². The van der Waals surface area contributed by atoms with E-state index in [1.807, 2.05) is 20.8 Å². The lowest BCUT2D eigenvalue weighted by molar-refractivity contribution is 0.0121. The Morgan fingerprint density at radius 3 is 2.62 bits per heavy atom. The van der Waals surface area contributed by atoms with Gasteiger partial charge in [0.05, 0.1) is 0 Å². The number of ether oxygens (including phenoxy) is 1. The maximum absolute atomic E-state index is 11.8. The molecule has 4 heteroatoms. The SMILES string of the molecule is CC1CCN(C(=O)OC(C)(C)C)CC1CN. The summed E-state index contributed by atoms with van der Waals surface area (Å²) in [5.74, 6) is 1.00. The highest BCUT2D eigenvalue weighted by atomic mass is 16.6. The predicted octanol–water partition coefficient (Wildman–Crippen LogP) is 1.84. The van der Waals surface area contributed by atoms with Gasteiger partial charge in [0.2, 0.25) is 0 Å². The van der Waals surface area contributed by atoms with Crippen molar-refractivity contribution < 1.29 is 9.53 Å². The molecule has 1 amide bonds. The summed E-state index contributed by atoms with van der Waals surface area (Å²) in [4.78, 5) is 13.6. The van der Waals surface area contributed by atoms with Crippen molar-refractivity contribution in [1.82, 2.24) is 4.90 Å². The number of carbonyl (C=O) groups excluding carboxylic acids is 1. The van der Waals surface area contributed by atoms with Gasteiger partial charge in [0.25, 0.3) is 0 Å². The minimum Gasteiger partial charge on any atom is -0.444 e. The normalized spacial score (nSPS) is 26.7. The molecule has 0 aromatic rings. The van der Waals surface area contributed by atoms with Crippen molar-refractivity contribution in [3.05, 3.63) is 0 Å². The summed E-state index contributed by atoms with van der Waals surface area (Å²) in [5, 5.41) is 0. The molecular formula is C12H24N2O2. The van der Waals surface area contributed by atoms with Crippen molar-refractivity contribution in [3.63, 3.8) is 0 Å². The average molecular weight is 228 g/mol. The van der Waals surface area contributed by atoms with Crippen molar-refractivity contribution in [3.8, 4) is 0 Å². The molecule has 1 aliphatic rings. The Kier molecular flexibility index (Phi) is 4.19. The van der Waals surface area contributed by atoms with Gasteiger partial charge in [0.1, 0.15) is 5.60 Å². The second kappa shape index (κ2) is 5.04. The van der Waals surface area contributed by atoms with Gasteiger partial charge in [0.15, 0.2) is 0 Å². The molecule has 2 atom stereocenters. The quantitative estimate of drug-likeness (QED) is 0.745. The van der Waals surface area contributed by atoms with E-state index in [1.54, 1.807) is 4.90 Å². The van der Waals surface area contributed by atoms with Crippen LogP contribution in [0.4, 0.5) is 4.79 Å². The van der Waals surface area contributed by atoms with E-state index >= 15 is 0 Å². The molecule has 1 aliphatic heterocycles. The molecular weight excluding hydrogens is 204 g/mol. The molecule has 4 nitrogen and oxygen atoms in total. The van der Waals surface area contributed by atoms with E-state index in [0.717, 1.165) is 19.5 Å². The highest BCUT2D eigenvalue weighted by Gasteiger charge is 2.30. The molecule has 1 heterocycles. The summed E-state index contributed by atoms with van der Waals surface area (Å²) in [6.45, 7) is 10.0. The lowest BCUT2D eigenvalue weighted by Crippen LogP contribution is -2.47. The number of hydrogen-bond acceptors (Lipinski definition) is 3. The summed E-state index contributed by atoms with van der Waals surface area (Å²) in [5.41, 5.74) is 5.29. The Hall–Kier alpha value is -0.770. The number of amides is 1. The van der Waals surface area contributed by atoms with E-state index in [9.17, 15) is 4.79 Å². The molecule has 2 unspecified atom stereocenters. The maximum Gasteiger partial charge on any atom is 0.410 e. The standard InChI is InChI=1S/C12H24N2O2/c1-9-5-6-14(8-10(9)7-13)11(15)16-12(2,3)4/h9-10H,5-8,13H2,1-4H3. The van der Waals surface area contributed by atoms with E-state index in [4.69, 9.17) is 10.5 Å². The second-order valence-electron chi connectivity index (χ2n) is 5.69. The molecule has 1 rings (SSSR count). The molecule has 0 aromatic heterocycles. The van der Waals surface area contributed by atoms with Crippen LogP contribution in [0.5, 0.6) is 0 Å². The number of hydrogen-bond donors (Lipinski definition) is 1. The zero-order chi connectivity index (χ0) is 12.3. The smallest absolute Gasteiger partial charge is 0.410 e. The van der Waals surface area contributed by atoms with Crippen LogP contribution in [0.3, 0.4) is 0 Å². The molecule has 0 aliphatic carbocycles. The number of likely N-dealkylation sites (tertiary alicyclic amines) is 1. The molecule has 0 radical (unpaired) electrons. The van der Waals surface area contributed by atoms with Gasteiger partial charge >= 0.3 is 6.09 Å². The third-order valence-electron chi connectivity index (χ3n) is 3.07. The zero-order valence-corrected chi connectivity index (χ0v) is 10.8. The number of nitrogens with zero attached hydrogens (tertiary/aromatic N) is 1. The molecule has 94 valence electrons. The maximum atomic E-state index is 11.8. The average Bonchev–Trinajstić information content (AvgIpc) is 2.15. The third kappa shape index (κ3) is 3.67. The van der Waals surface area contributed by atoms with Crippen LogP contribution in [0.25, 0.3) is 0 Å². The molecule has 2 N–H and O–H groups in total. The van der Waals surface area contributed by atoms with Gasteiger partial charge in [-0.25, -0.2) is 4.79 Å². The summed E-state index contributed by atoms with van der Waals surface area (Å²) in [7, 11) is 0. The van der Waals surface area contributed by atoms with Gasteiger partial charge in [-0.15, -0.1) is 0 Å². The summed E-state index contributed by atoms with van der Waals surface area (Å²) < 4.78 is 5.35. The highest BCUT2D eigenvalue weighted by Crippen LogP contribution is 2.23. The Morgan fingerprint density at radius 1 is 1.50 bits per heavy atom. The zero-order valence-electron chi connectivity index (χ0n) is 10.8. The predicted molar refractivity (Wildman–Crippen MR) is 64.1 cm³/mol. The Bertz CT molecular complexity index is 248. The largest absolute Gasteiger partial charge is 0.444 e. The van der Waals surface area contributed by atoms with E-state index in [2.05, 4.69) is 6.92 Å². The lowest BCUT2D eigenvalue weighted by Gasteiger charge is -2.37. The van der Waals surface area contributed by atoms with E-state index in [1.165, 1.54) is 0 Å². The van der Waals surface area contributed by atoms with E-state index < -0.39 is 5.60 Å². The Balaban J connectivity index is 2.52. The number of piperidine rings is 1. The molecule has 16 heavy (non-hydrogen) atoms. The molecule has 0 aromatic carbocycles. The van der Waals surface area contributed by atoms with Crippen LogP contribution in [0.2, 0.25) is 0 Å². The van der Waals surface area contributed by atoms with E-state index in [0.29, 0.717) is 18.4 Å². The van der Waals surface area contributed by atoms with Crippen molar-refractivity contribution in [2.45, 2.75) is 39.7 Å². The van der Waals surface area contributed by atoms with Gasteiger partial charge < -0.3 is 15.4 Å². The van der Waals surface area contributed by atoms with E-state index in [-0.39, 0.29) is 6.09 Å². The molecule has 0 saturated carbocycles. The third-order valence-corrected chi connectivity index (χ3v) is 3.07. The second-order valence-corrected chi connectivity index (χ2v) is 5.69. The minimum absolute atomic E-state index is 0.210. The summed E-state index contributed by atoms with van der Waals surface area (Å²) in [6.07, 6.45) is 0.805. The van der Waals surface area contributed by atoms with Crippen LogP contribution >= 0.6 is 0 Å². The van der Waals surface area contributed by atoms with Crippen molar-refractivity contribution in [1.29, 1.82) is 0 Å². The van der Waals surface area contributed by atoms with Crippen molar-refractivity contribution in [2.75, 3.05) is 19.6 Å². The molecule has 0 bridgehead atoms. The number of carbonyl (C=O) groups is 1. The fraction of sp³-hybridized carbons (Fsp3) is 0.917. The monoisotopic (exact) mass is 228 g/mol. The fourth-order valence-electron chi connectivity index (χ4n) is 1.95. The first-order valence-electron chi connectivity index (χ1n) is 6.01. The topological polar surface area (TPSA) is 55.6 Å². The Labute approximate surface area is 98.1 Å². The minimum atomic E-state index is -0.418. The van der Waals surface area contributed by atoms with Crippen LogP contribution in [-0.2, 0) is 4.74 Å². The lowest BCUT2D eigenvalue weighted by atomic mass is 9.87. The van der Waals surface area contributed by atoms with Crippen LogP contribution in [-0.4, -0.2) is 36.2 Å². The van der Waals surface area contributed by atoms with Crippen LogP contribution in [0, 0.1) is 11.8 Å². The van der Waals surface area contributed by atoms with Gasteiger partial charge in [-0.2, -0.15) is 0 Å². The highest BCUT2D eigenvalue weighted by molar-refractivity contribution is 5.68. The van der Waals surface area contributed by atoms with Crippen LogP contribution in [0.15, 0.2) is 0 Å². The Morgan fingerprint density at radius 2 is 2.12 bits per heavy atom. The first kappa shape index (κ1) is 13.3. The van der Waals surface area contributed by atoms with Crippen molar-refractivity contribution in [2.24, 2.45) is 17.6 Å². The number of nitrogens with two attached hydrogens (primary N) is 1. The van der Waals surface area contributed by atoms with Crippen LogP contribution < -0.4 is 5.73 Å². The molecule has 0 spiro atoms. The van der Waals surface area contributed by atoms with Crippen LogP contribution in [0.1, 0.15) is 34.1 Å². The first-order valence-corrected chi connectivity index (χ1v) is 6.01. The van der Waals surface area contributed by atoms with Gasteiger partial charge in [-0.1, -0.05) is 6.92 Å². The van der Waals surface area contributed by atoms with Gasteiger partial charge in [-0.05, 0) is 45.6 Å². The summed E-state index contributed by atoms with van der Waals surface area (Å²) >= 11 is 0.